The van der Waals surface area contributed by atoms with Crippen molar-refractivity contribution >= 4 is 11.7 Å². The molecular formula is C23H26F3N7O2. The molecule has 0 unspecified atom stereocenters. The van der Waals surface area contributed by atoms with Crippen molar-refractivity contribution in [2.75, 3.05) is 45.1 Å². The Morgan fingerprint density at radius 2 is 1.74 bits per heavy atom. The number of hydrogen-bond donors (Lipinski definition) is 1. The lowest BCUT2D eigenvalue weighted by Crippen LogP contribution is -2.47. The number of nitrogens with zero attached hydrogens (tertiary/aromatic N) is 6. The molecule has 1 fully saturated rings. The van der Waals surface area contributed by atoms with E-state index < -0.39 is 6.36 Å². The molecule has 1 aromatic carbocycles. The number of amides is 1. The van der Waals surface area contributed by atoms with Crippen LogP contribution >= 0.6 is 0 Å². The highest BCUT2D eigenvalue weighted by Gasteiger charge is 2.31. The Kier molecular flexibility index (Phi) is 7.03. The molecule has 0 aliphatic carbocycles. The lowest BCUT2D eigenvalue weighted by atomic mass is 10.2. The number of benzene rings is 1. The Hall–Kier alpha value is -3.51. The molecule has 0 radical (unpaired) electrons. The van der Waals surface area contributed by atoms with E-state index in [4.69, 9.17) is 0 Å². The van der Waals surface area contributed by atoms with Crippen LogP contribution < -0.4 is 10.1 Å². The highest BCUT2D eigenvalue weighted by Crippen LogP contribution is 2.26. The van der Waals surface area contributed by atoms with Crippen LogP contribution in [0.2, 0.25) is 0 Å². The van der Waals surface area contributed by atoms with Gasteiger partial charge in [0.15, 0.2) is 11.6 Å². The van der Waals surface area contributed by atoms with Crippen LogP contribution in [-0.2, 0) is 4.79 Å². The first-order chi connectivity index (χ1) is 16.6. The molecule has 1 amide bonds. The zero-order valence-corrected chi connectivity index (χ0v) is 19.6. The Balaban J connectivity index is 1.61. The first-order valence-electron chi connectivity index (χ1n) is 11.1. The van der Waals surface area contributed by atoms with E-state index in [0.29, 0.717) is 11.4 Å². The topological polar surface area (TPSA) is 88.4 Å². The third-order valence-corrected chi connectivity index (χ3v) is 5.52. The van der Waals surface area contributed by atoms with Crippen molar-refractivity contribution in [1.82, 2.24) is 29.5 Å². The zero-order chi connectivity index (χ0) is 25.2. The number of carbonyl (C=O) groups excluding carboxylic acids is 1. The number of carbonyl (C=O) groups is 1. The second-order valence-electron chi connectivity index (χ2n) is 8.47. The van der Waals surface area contributed by atoms with Gasteiger partial charge in [0, 0.05) is 43.5 Å². The summed E-state index contributed by atoms with van der Waals surface area (Å²) in [5.41, 5.74) is 2.07. The molecular weight excluding hydrogens is 463 g/mol. The quantitative estimate of drug-likeness (QED) is 0.570. The number of aryl methyl sites for hydroxylation is 2. The summed E-state index contributed by atoms with van der Waals surface area (Å²) < 4.78 is 43.1. The Morgan fingerprint density at radius 1 is 1.06 bits per heavy atom. The maximum atomic E-state index is 12.7. The van der Waals surface area contributed by atoms with Crippen LogP contribution in [0, 0.1) is 13.8 Å². The van der Waals surface area contributed by atoms with E-state index >= 15 is 0 Å². The van der Waals surface area contributed by atoms with E-state index in [-0.39, 0.29) is 29.8 Å². The maximum absolute atomic E-state index is 12.7. The molecule has 9 nitrogen and oxygen atoms in total. The minimum atomic E-state index is -4.78. The molecule has 1 saturated heterocycles. The second kappa shape index (κ2) is 10.0. The van der Waals surface area contributed by atoms with Crippen LogP contribution in [0.25, 0.3) is 17.2 Å². The molecule has 0 spiro atoms. The molecule has 3 aromatic rings. The van der Waals surface area contributed by atoms with Crippen LogP contribution in [0.3, 0.4) is 0 Å². The number of alkyl halides is 3. The first kappa shape index (κ1) is 24.6. The fraction of sp³-hybridized carbons (Fsp3) is 0.391. The third-order valence-electron chi connectivity index (χ3n) is 5.52. The molecule has 12 heteroatoms. The fourth-order valence-electron chi connectivity index (χ4n) is 3.79. The van der Waals surface area contributed by atoms with Crippen LogP contribution in [0.5, 0.6) is 5.75 Å². The van der Waals surface area contributed by atoms with Crippen molar-refractivity contribution in [3.8, 4) is 23.0 Å². The van der Waals surface area contributed by atoms with Crippen molar-refractivity contribution in [2.45, 2.75) is 20.2 Å². The van der Waals surface area contributed by atoms with Gasteiger partial charge in [-0.3, -0.25) is 9.69 Å². The lowest BCUT2D eigenvalue weighted by Gasteiger charge is -2.31. The van der Waals surface area contributed by atoms with Gasteiger partial charge in [0.1, 0.15) is 11.6 Å². The summed E-state index contributed by atoms with van der Waals surface area (Å²) in [6, 6.07) is 8.73. The highest BCUT2D eigenvalue weighted by molar-refractivity contribution is 5.91. The zero-order valence-electron chi connectivity index (χ0n) is 19.6. The minimum Gasteiger partial charge on any atom is -0.406 e. The van der Waals surface area contributed by atoms with Crippen molar-refractivity contribution in [3.63, 3.8) is 0 Å². The average molecular weight is 490 g/mol. The number of ether oxygens (including phenoxy) is 1. The number of halogens is 3. The van der Waals surface area contributed by atoms with Gasteiger partial charge in [-0.1, -0.05) is 0 Å². The highest BCUT2D eigenvalue weighted by atomic mass is 19.4. The van der Waals surface area contributed by atoms with Crippen molar-refractivity contribution in [2.24, 2.45) is 0 Å². The summed E-state index contributed by atoms with van der Waals surface area (Å²) in [6.45, 7) is 7.32. The van der Waals surface area contributed by atoms with Gasteiger partial charge in [-0.15, -0.1) is 13.2 Å². The van der Waals surface area contributed by atoms with Gasteiger partial charge in [-0.25, -0.2) is 14.6 Å². The summed E-state index contributed by atoms with van der Waals surface area (Å²) in [6.07, 6.45) is -4.78. The van der Waals surface area contributed by atoms with E-state index in [1.165, 1.54) is 24.3 Å². The van der Waals surface area contributed by atoms with Gasteiger partial charge in [-0.2, -0.15) is 5.10 Å². The summed E-state index contributed by atoms with van der Waals surface area (Å²) in [5.74, 6) is 0.353. The molecule has 0 bridgehead atoms. The van der Waals surface area contributed by atoms with Gasteiger partial charge >= 0.3 is 6.36 Å². The number of aromatic nitrogens is 4. The maximum Gasteiger partial charge on any atom is 0.573 e. The van der Waals surface area contributed by atoms with E-state index in [1.807, 2.05) is 27.0 Å². The van der Waals surface area contributed by atoms with Gasteiger partial charge < -0.3 is 15.0 Å². The molecule has 0 atom stereocenters. The smallest absolute Gasteiger partial charge is 0.406 e. The van der Waals surface area contributed by atoms with Crippen LogP contribution in [0.15, 0.2) is 36.4 Å². The molecule has 1 aliphatic rings. The van der Waals surface area contributed by atoms with Crippen molar-refractivity contribution in [3.05, 3.63) is 47.8 Å². The van der Waals surface area contributed by atoms with Crippen LogP contribution in [0.4, 0.5) is 19.0 Å². The molecule has 35 heavy (non-hydrogen) atoms. The van der Waals surface area contributed by atoms with E-state index in [9.17, 15) is 18.0 Å². The fourth-order valence-corrected chi connectivity index (χ4v) is 3.79. The molecule has 3 heterocycles. The number of nitrogens with one attached hydrogen (secondary N) is 1. The van der Waals surface area contributed by atoms with Crippen molar-refractivity contribution < 1.29 is 22.7 Å². The first-order valence-corrected chi connectivity index (χ1v) is 11.1. The normalized spacial score (nSPS) is 15.3. The van der Waals surface area contributed by atoms with Gasteiger partial charge in [0.25, 0.3) is 0 Å². The van der Waals surface area contributed by atoms with E-state index in [2.05, 4.69) is 34.9 Å². The Labute approximate surface area is 200 Å². The molecule has 186 valence electrons. The number of rotatable bonds is 6. The second-order valence-corrected chi connectivity index (χ2v) is 8.47. The number of piperazine rings is 1. The van der Waals surface area contributed by atoms with Gasteiger partial charge in [0.2, 0.25) is 5.91 Å². The summed E-state index contributed by atoms with van der Waals surface area (Å²) in [5, 5.41) is 7.28. The predicted molar refractivity (Wildman–Crippen MR) is 123 cm³/mol. The Morgan fingerprint density at radius 3 is 2.34 bits per heavy atom. The van der Waals surface area contributed by atoms with E-state index in [1.54, 1.807) is 10.7 Å². The monoisotopic (exact) mass is 489 g/mol. The summed E-state index contributed by atoms with van der Waals surface area (Å²) in [7, 11) is 2.04. The Bertz CT molecular complexity index is 1190. The van der Waals surface area contributed by atoms with Gasteiger partial charge in [0.05, 0.1) is 12.2 Å². The number of hydrogen-bond acceptors (Lipinski definition) is 7. The number of likely N-dealkylation sites (N-methyl/N-ethyl adjacent to an activating group) is 1. The summed E-state index contributed by atoms with van der Waals surface area (Å²) in [4.78, 5) is 26.0. The van der Waals surface area contributed by atoms with Crippen molar-refractivity contribution in [1.29, 1.82) is 0 Å². The SMILES string of the molecule is Cc1cc(C)n(-c2cc(NC(=O)CN3CCN(C)CC3)nc(-c3ccc(OC(F)(F)F)cc3)n2)n1. The standard InChI is InChI=1S/C23H26F3N7O2/c1-15-12-16(2)33(30-15)20-13-19(27-21(34)14-32-10-8-31(3)9-11-32)28-22(29-20)17-4-6-18(7-5-17)35-23(24,25)26/h4-7,12-13H,8-11,14H2,1-3H3,(H,27,28,29,34). The predicted octanol–water partition coefficient (Wildman–Crippen LogP) is 3.03. The third kappa shape index (κ3) is 6.55. The molecule has 1 aliphatic heterocycles. The van der Waals surface area contributed by atoms with Crippen LogP contribution in [0.1, 0.15) is 11.4 Å². The molecule has 1 N–H and O–H groups in total. The average Bonchev–Trinajstić information content (AvgIpc) is 3.12. The summed E-state index contributed by atoms with van der Waals surface area (Å²) >= 11 is 0. The lowest BCUT2D eigenvalue weighted by molar-refractivity contribution is -0.274. The van der Waals surface area contributed by atoms with Crippen LogP contribution in [-0.4, -0.2) is 81.6 Å². The molecule has 4 rings (SSSR count). The molecule has 0 saturated carbocycles. The number of anilines is 1. The molecule has 2 aromatic heterocycles. The largest absolute Gasteiger partial charge is 0.573 e. The van der Waals surface area contributed by atoms with Gasteiger partial charge in [-0.05, 0) is 51.2 Å². The van der Waals surface area contributed by atoms with E-state index in [0.717, 1.165) is 37.6 Å². The minimum absolute atomic E-state index is 0.215.